The Bertz CT molecular complexity index is 689. The third-order valence-electron chi connectivity index (χ3n) is 3.22. The maximum absolute atomic E-state index is 9.62. The number of halogens is 1. The lowest BCUT2D eigenvalue weighted by Crippen LogP contribution is -2.09. The number of hydrogen-bond acceptors (Lipinski definition) is 2. The van der Waals surface area contributed by atoms with Gasteiger partial charge in [-0.1, -0.05) is 48.0 Å². The van der Waals surface area contributed by atoms with Gasteiger partial charge in [-0.2, -0.15) is 0 Å². The number of aromatic hydroxyl groups is 1. The molecule has 0 unspecified atom stereocenters. The number of anilines is 3. The van der Waals surface area contributed by atoms with E-state index in [1.54, 1.807) is 12.1 Å². The molecule has 0 saturated carbocycles. The minimum absolute atomic E-state index is 0.0847. The first-order chi connectivity index (χ1) is 10.3. The van der Waals surface area contributed by atoms with Crippen molar-refractivity contribution in [2.24, 2.45) is 0 Å². The first kappa shape index (κ1) is 13.5. The van der Waals surface area contributed by atoms with Crippen molar-refractivity contribution in [2.45, 2.75) is 0 Å². The van der Waals surface area contributed by atoms with Crippen LogP contribution in [0.25, 0.3) is 0 Å². The third-order valence-corrected chi connectivity index (χ3v) is 3.52. The fourth-order valence-corrected chi connectivity index (χ4v) is 2.41. The van der Waals surface area contributed by atoms with Crippen LogP contribution in [-0.4, -0.2) is 5.11 Å². The van der Waals surface area contributed by atoms with Gasteiger partial charge in [0.2, 0.25) is 0 Å². The highest BCUT2D eigenvalue weighted by Crippen LogP contribution is 2.37. The fourth-order valence-electron chi connectivity index (χ4n) is 2.24. The molecule has 3 aromatic rings. The van der Waals surface area contributed by atoms with Gasteiger partial charge in [0.05, 0.1) is 5.02 Å². The zero-order valence-electron chi connectivity index (χ0n) is 11.3. The molecular formula is C18H14ClNO. The highest BCUT2D eigenvalue weighted by molar-refractivity contribution is 6.32. The molecule has 0 atom stereocenters. The summed E-state index contributed by atoms with van der Waals surface area (Å²) in [6.45, 7) is 0. The molecule has 3 rings (SSSR count). The second-order valence-electron chi connectivity index (χ2n) is 4.64. The number of nitrogens with zero attached hydrogens (tertiary/aromatic N) is 1. The van der Waals surface area contributed by atoms with E-state index in [0.717, 1.165) is 17.1 Å². The summed E-state index contributed by atoms with van der Waals surface area (Å²) in [5.74, 6) is 0.0847. The zero-order valence-corrected chi connectivity index (χ0v) is 12.0. The van der Waals surface area contributed by atoms with Gasteiger partial charge in [-0.25, -0.2) is 0 Å². The highest BCUT2D eigenvalue weighted by atomic mass is 35.5. The van der Waals surface area contributed by atoms with E-state index in [9.17, 15) is 5.11 Å². The Morgan fingerprint density at radius 2 is 1.19 bits per heavy atom. The highest BCUT2D eigenvalue weighted by Gasteiger charge is 2.12. The van der Waals surface area contributed by atoms with Crippen LogP contribution in [0.3, 0.4) is 0 Å². The summed E-state index contributed by atoms with van der Waals surface area (Å²) >= 11 is 6.06. The Balaban J connectivity index is 2.14. The lowest BCUT2D eigenvalue weighted by Gasteiger charge is -2.25. The number of hydrogen-bond donors (Lipinski definition) is 1. The predicted molar refractivity (Wildman–Crippen MR) is 87.8 cm³/mol. The van der Waals surface area contributed by atoms with E-state index in [2.05, 4.69) is 4.90 Å². The number of para-hydroxylation sites is 2. The summed E-state index contributed by atoms with van der Waals surface area (Å²) in [7, 11) is 0. The van der Waals surface area contributed by atoms with Crippen LogP contribution in [0.5, 0.6) is 5.75 Å². The maximum atomic E-state index is 9.62. The second kappa shape index (κ2) is 5.90. The van der Waals surface area contributed by atoms with Crippen LogP contribution in [0.2, 0.25) is 5.02 Å². The van der Waals surface area contributed by atoms with Crippen LogP contribution in [-0.2, 0) is 0 Å². The molecule has 0 aromatic heterocycles. The van der Waals surface area contributed by atoms with E-state index in [1.165, 1.54) is 0 Å². The molecule has 3 aromatic carbocycles. The molecule has 0 spiro atoms. The van der Waals surface area contributed by atoms with Gasteiger partial charge in [-0.05, 0) is 42.5 Å². The van der Waals surface area contributed by atoms with Crippen LogP contribution < -0.4 is 4.90 Å². The van der Waals surface area contributed by atoms with Crippen molar-refractivity contribution in [1.82, 2.24) is 0 Å². The molecule has 0 saturated heterocycles. The molecule has 3 heteroatoms. The minimum atomic E-state index is 0.0847. The number of phenolic OH excluding ortho intramolecular Hbond substituents is 1. The van der Waals surface area contributed by atoms with Gasteiger partial charge in [-0.3, -0.25) is 0 Å². The molecular weight excluding hydrogens is 282 g/mol. The van der Waals surface area contributed by atoms with E-state index in [-0.39, 0.29) is 5.75 Å². The Kier molecular flexibility index (Phi) is 3.80. The Labute approximate surface area is 128 Å². The largest absolute Gasteiger partial charge is 0.506 e. The van der Waals surface area contributed by atoms with E-state index in [0.29, 0.717) is 5.02 Å². The van der Waals surface area contributed by atoms with Crippen LogP contribution in [0, 0.1) is 0 Å². The summed E-state index contributed by atoms with van der Waals surface area (Å²) in [6.07, 6.45) is 0. The lowest BCUT2D eigenvalue weighted by atomic mass is 10.2. The molecule has 2 nitrogen and oxygen atoms in total. The molecule has 21 heavy (non-hydrogen) atoms. The van der Waals surface area contributed by atoms with Crippen molar-refractivity contribution >= 4 is 28.7 Å². The summed E-state index contributed by atoms with van der Waals surface area (Å²) < 4.78 is 0. The Hall–Kier alpha value is -2.45. The minimum Gasteiger partial charge on any atom is -0.506 e. The quantitative estimate of drug-likeness (QED) is 0.688. The van der Waals surface area contributed by atoms with Gasteiger partial charge < -0.3 is 10.0 Å². The molecule has 1 N–H and O–H groups in total. The molecule has 0 amide bonds. The molecule has 0 fully saturated rings. The average Bonchev–Trinajstić information content (AvgIpc) is 2.53. The fraction of sp³-hybridized carbons (Fsp3) is 0. The van der Waals surface area contributed by atoms with Crippen molar-refractivity contribution in [3.63, 3.8) is 0 Å². The van der Waals surface area contributed by atoms with E-state index in [1.807, 2.05) is 66.7 Å². The predicted octanol–water partition coefficient (Wildman–Crippen LogP) is 5.52. The van der Waals surface area contributed by atoms with E-state index in [4.69, 9.17) is 11.6 Å². The van der Waals surface area contributed by atoms with Crippen molar-refractivity contribution in [2.75, 3.05) is 4.90 Å². The normalized spacial score (nSPS) is 10.3. The number of rotatable bonds is 3. The van der Waals surface area contributed by atoms with Crippen molar-refractivity contribution in [3.8, 4) is 5.75 Å². The van der Waals surface area contributed by atoms with Gasteiger partial charge in [0.25, 0.3) is 0 Å². The molecule has 0 aliphatic carbocycles. The van der Waals surface area contributed by atoms with Gasteiger partial charge in [-0.15, -0.1) is 0 Å². The SMILES string of the molecule is Oc1ccc(N(c2ccccc2)c2ccccc2)cc1Cl. The van der Waals surface area contributed by atoms with Crippen molar-refractivity contribution in [1.29, 1.82) is 0 Å². The number of phenols is 1. The molecule has 0 aliphatic rings. The molecule has 0 aliphatic heterocycles. The summed E-state index contributed by atoms with van der Waals surface area (Å²) in [6, 6.07) is 25.3. The van der Waals surface area contributed by atoms with Crippen LogP contribution in [0.1, 0.15) is 0 Å². The van der Waals surface area contributed by atoms with E-state index >= 15 is 0 Å². The smallest absolute Gasteiger partial charge is 0.134 e. The van der Waals surface area contributed by atoms with Crippen LogP contribution in [0.4, 0.5) is 17.1 Å². The first-order valence-corrected chi connectivity index (χ1v) is 7.02. The van der Waals surface area contributed by atoms with Crippen molar-refractivity contribution in [3.05, 3.63) is 83.9 Å². The molecule has 0 radical (unpaired) electrons. The third kappa shape index (κ3) is 2.86. The molecule has 0 heterocycles. The van der Waals surface area contributed by atoms with Crippen LogP contribution in [0.15, 0.2) is 78.9 Å². The topological polar surface area (TPSA) is 23.5 Å². The number of benzene rings is 3. The summed E-state index contributed by atoms with van der Waals surface area (Å²) in [5, 5.41) is 9.95. The van der Waals surface area contributed by atoms with E-state index < -0.39 is 0 Å². The monoisotopic (exact) mass is 295 g/mol. The lowest BCUT2D eigenvalue weighted by molar-refractivity contribution is 0.475. The Morgan fingerprint density at radius 3 is 1.67 bits per heavy atom. The van der Waals surface area contributed by atoms with Gasteiger partial charge in [0, 0.05) is 17.1 Å². The van der Waals surface area contributed by atoms with Gasteiger partial charge >= 0.3 is 0 Å². The zero-order chi connectivity index (χ0) is 14.7. The van der Waals surface area contributed by atoms with Crippen molar-refractivity contribution < 1.29 is 5.11 Å². The van der Waals surface area contributed by atoms with Crippen LogP contribution >= 0.6 is 11.6 Å². The molecule has 0 bridgehead atoms. The van der Waals surface area contributed by atoms with Gasteiger partial charge in [0.1, 0.15) is 5.75 Å². The maximum Gasteiger partial charge on any atom is 0.134 e. The standard InChI is InChI=1S/C18H14ClNO/c19-17-13-16(11-12-18(17)21)20(14-7-3-1-4-8-14)15-9-5-2-6-10-15/h1-13,21H. The molecule has 104 valence electrons. The van der Waals surface area contributed by atoms with Gasteiger partial charge in [0.15, 0.2) is 0 Å². The second-order valence-corrected chi connectivity index (χ2v) is 5.05. The summed E-state index contributed by atoms with van der Waals surface area (Å²) in [5.41, 5.74) is 2.96. The average molecular weight is 296 g/mol. The summed E-state index contributed by atoms with van der Waals surface area (Å²) in [4.78, 5) is 2.09. The Morgan fingerprint density at radius 1 is 0.667 bits per heavy atom. The first-order valence-electron chi connectivity index (χ1n) is 6.64.